The number of hydrogen-bond donors (Lipinski definition) is 0. The van der Waals surface area contributed by atoms with Crippen molar-refractivity contribution in [2.45, 2.75) is 69.4 Å². The van der Waals surface area contributed by atoms with Crippen LogP contribution in [0.5, 0.6) is 0 Å². The van der Waals surface area contributed by atoms with Crippen molar-refractivity contribution in [1.29, 1.82) is 0 Å². The molecule has 1 saturated heterocycles. The van der Waals surface area contributed by atoms with Crippen molar-refractivity contribution < 1.29 is 23.0 Å². The third-order valence-electron chi connectivity index (χ3n) is 10.0. The summed E-state index contributed by atoms with van der Waals surface area (Å²) in [6.07, 6.45) is -2.37. The van der Waals surface area contributed by atoms with Gasteiger partial charge in [0.05, 0.1) is 6.61 Å². The zero-order valence-electron chi connectivity index (χ0n) is 29.4. The number of halogens is 1. The van der Waals surface area contributed by atoms with Crippen LogP contribution in [0, 0.1) is 0 Å². The van der Waals surface area contributed by atoms with Crippen LogP contribution in [0.25, 0.3) is 0 Å². The molecule has 3 unspecified atom stereocenters. The van der Waals surface area contributed by atoms with Gasteiger partial charge in [0.25, 0.3) is 8.32 Å². The molecule has 1 aliphatic heterocycles. The van der Waals surface area contributed by atoms with E-state index in [2.05, 4.69) is 81.4 Å². The minimum absolute atomic E-state index is 0.0360. The lowest BCUT2D eigenvalue weighted by molar-refractivity contribution is -0.154. The Labute approximate surface area is 296 Å². The molecule has 5 aromatic rings. The molecule has 0 radical (unpaired) electrons. The molecule has 7 rings (SSSR count). The summed E-state index contributed by atoms with van der Waals surface area (Å²) in [4.78, 5) is 0. The largest absolute Gasteiger partial charge is 0.395 e. The van der Waals surface area contributed by atoms with E-state index in [1.165, 1.54) is 0 Å². The standard InChI is InChI=1S/C44H45FO4Si/c1-42(2,3)50(35-27-17-9-18-28-35,36-29-19-10-20-30-36)49-40-38(45)37(39-41(40)48-43(4,5)47-39)31-46-44(32-21-11-6-12-22-32,33-23-13-7-14-24-33)34-25-15-8-16-26-34/h6-30,39-41H,31H2,1-5H3. The maximum Gasteiger partial charge on any atom is 0.262 e. The van der Waals surface area contributed by atoms with Gasteiger partial charge in [-0.1, -0.05) is 172 Å². The molecule has 0 aromatic heterocycles. The average molecular weight is 685 g/mol. The molecule has 0 bridgehead atoms. The van der Waals surface area contributed by atoms with Gasteiger partial charge in [-0.3, -0.25) is 0 Å². The molecule has 2 aliphatic rings. The Balaban J connectivity index is 1.36. The van der Waals surface area contributed by atoms with Gasteiger partial charge in [-0.05, 0) is 45.9 Å². The quantitative estimate of drug-likeness (QED) is 0.109. The normalized spacial score (nSPS) is 20.6. The minimum Gasteiger partial charge on any atom is -0.395 e. The first-order chi connectivity index (χ1) is 24.1. The molecule has 4 nitrogen and oxygen atoms in total. The van der Waals surface area contributed by atoms with Gasteiger partial charge >= 0.3 is 0 Å². The molecule has 1 heterocycles. The van der Waals surface area contributed by atoms with Gasteiger partial charge in [-0.2, -0.15) is 0 Å². The lowest BCUT2D eigenvalue weighted by Crippen LogP contribution is -2.68. The Morgan fingerprint density at radius 1 is 0.620 bits per heavy atom. The molecule has 0 N–H and O–H groups in total. The summed E-state index contributed by atoms with van der Waals surface area (Å²) >= 11 is 0. The van der Waals surface area contributed by atoms with E-state index in [0.29, 0.717) is 5.57 Å². The van der Waals surface area contributed by atoms with Gasteiger partial charge in [-0.25, -0.2) is 4.39 Å². The van der Waals surface area contributed by atoms with Crippen LogP contribution >= 0.6 is 0 Å². The molecule has 0 saturated carbocycles. The van der Waals surface area contributed by atoms with Crippen molar-refractivity contribution in [2.75, 3.05) is 6.61 Å². The second-order valence-electron chi connectivity index (χ2n) is 14.7. The SMILES string of the molecule is CC1(C)OC2C(COC(c3ccccc3)(c3ccccc3)c3ccccc3)=C(F)C(O[Si](c3ccccc3)(c3ccccc3)C(C)(C)C)C2O1. The summed E-state index contributed by atoms with van der Waals surface area (Å²) in [5, 5.41) is 1.78. The van der Waals surface area contributed by atoms with Crippen LogP contribution in [0.2, 0.25) is 5.04 Å². The summed E-state index contributed by atoms with van der Waals surface area (Å²) in [6.45, 7) is 10.3. The van der Waals surface area contributed by atoms with Crippen molar-refractivity contribution >= 4 is 18.7 Å². The summed E-state index contributed by atoms with van der Waals surface area (Å²) in [5.41, 5.74) is 2.21. The molecule has 0 spiro atoms. The van der Waals surface area contributed by atoms with Crippen molar-refractivity contribution in [2.24, 2.45) is 0 Å². The first kappa shape index (κ1) is 34.3. The Kier molecular flexibility index (Phi) is 9.26. The highest BCUT2D eigenvalue weighted by atomic mass is 28.4. The third kappa shape index (κ3) is 5.99. The highest BCUT2D eigenvalue weighted by molar-refractivity contribution is 6.99. The van der Waals surface area contributed by atoms with Crippen LogP contribution in [0.3, 0.4) is 0 Å². The number of rotatable bonds is 10. The Bertz CT molecular complexity index is 1770. The molecule has 1 aliphatic carbocycles. The zero-order valence-corrected chi connectivity index (χ0v) is 30.4. The summed E-state index contributed by atoms with van der Waals surface area (Å²) in [6, 6.07) is 51.0. The number of ether oxygens (including phenoxy) is 3. The second-order valence-corrected chi connectivity index (χ2v) is 18.9. The fourth-order valence-electron chi connectivity index (χ4n) is 7.85. The Morgan fingerprint density at radius 3 is 1.42 bits per heavy atom. The van der Waals surface area contributed by atoms with Crippen molar-refractivity contribution in [3.63, 3.8) is 0 Å². The van der Waals surface area contributed by atoms with Crippen molar-refractivity contribution in [3.05, 3.63) is 180 Å². The second kappa shape index (κ2) is 13.5. The van der Waals surface area contributed by atoms with Gasteiger partial charge in [0, 0.05) is 5.57 Å². The van der Waals surface area contributed by atoms with Crippen molar-refractivity contribution in [1.82, 2.24) is 0 Å². The molecule has 6 heteroatoms. The van der Waals surface area contributed by atoms with Crippen molar-refractivity contribution in [3.8, 4) is 0 Å². The minimum atomic E-state index is -3.16. The molecular weight excluding hydrogens is 640 g/mol. The fourth-order valence-corrected chi connectivity index (χ4v) is 12.5. The van der Waals surface area contributed by atoms with Gasteiger partial charge in [0.1, 0.15) is 29.7 Å². The smallest absolute Gasteiger partial charge is 0.262 e. The Hall–Kier alpha value is -4.17. The number of hydrogen-bond acceptors (Lipinski definition) is 4. The average Bonchev–Trinajstić information content (AvgIpc) is 3.57. The summed E-state index contributed by atoms with van der Waals surface area (Å²) < 4.78 is 45.1. The van der Waals surface area contributed by atoms with Gasteiger partial charge < -0.3 is 18.6 Å². The van der Waals surface area contributed by atoms with E-state index in [0.717, 1.165) is 27.1 Å². The third-order valence-corrected chi connectivity index (χ3v) is 15.0. The van der Waals surface area contributed by atoms with Crippen LogP contribution in [0.15, 0.2) is 163 Å². The van der Waals surface area contributed by atoms with Crippen LogP contribution in [-0.4, -0.2) is 39.0 Å². The van der Waals surface area contributed by atoms with E-state index in [9.17, 15) is 0 Å². The molecule has 1 fully saturated rings. The maximum atomic E-state index is 17.5. The fraction of sp³-hybridized carbons (Fsp3) is 0.273. The highest BCUT2D eigenvalue weighted by Gasteiger charge is 2.60. The molecule has 256 valence electrons. The predicted octanol–water partition coefficient (Wildman–Crippen LogP) is 8.70. The summed E-state index contributed by atoms with van der Waals surface area (Å²) in [7, 11) is -3.16. The zero-order chi connectivity index (χ0) is 35.0. The lowest BCUT2D eigenvalue weighted by Gasteiger charge is -2.45. The molecule has 5 aromatic carbocycles. The molecular formula is C44H45FO4Si. The number of benzene rings is 5. The molecule has 0 amide bonds. The van der Waals surface area contributed by atoms with Crippen LogP contribution < -0.4 is 10.4 Å². The lowest BCUT2D eigenvalue weighted by atomic mass is 9.80. The predicted molar refractivity (Wildman–Crippen MR) is 200 cm³/mol. The van der Waals surface area contributed by atoms with E-state index in [-0.39, 0.29) is 17.5 Å². The van der Waals surface area contributed by atoms with Crippen LogP contribution in [0.1, 0.15) is 51.3 Å². The highest BCUT2D eigenvalue weighted by Crippen LogP contribution is 2.48. The van der Waals surface area contributed by atoms with Gasteiger partial charge in [-0.15, -0.1) is 0 Å². The van der Waals surface area contributed by atoms with E-state index in [4.69, 9.17) is 18.6 Å². The first-order valence-electron chi connectivity index (χ1n) is 17.4. The molecule has 3 atom stereocenters. The van der Waals surface area contributed by atoms with Crippen LogP contribution in [-0.2, 0) is 24.2 Å². The monoisotopic (exact) mass is 684 g/mol. The van der Waals surface area contributed by atoms with E-state index < -0.39 is 38.0 Å². The topological polar surface area (TPSA) is 36.9 Å². The van der Waals surface area contributed by atoms with Gasteiger partial charge in [0.2, 0.25) is 0 Å². The Morgan fingerprint density at radius 2 is 1.02 bits per heavy atom. The first-order valence-corrected chi connectivity index (χ1v) is 19.3. The summed E-state index contributed by atoms with van der Waals surface area (Å²) in [5.74, 6) is -1.32. The van der Waals surface area contributed by atoms with Gasteiger partial charge in [0.15, 0.2) is 5.79 Å². The maximum absolute atomic E-state index is 17.5. The van der Waals surface area contributed by atoms with E-state index >= 15 is 4.39 Å². The van der Waals surface area contributed by atoms with E-state index in [1.807, 2.05) is 105 Å². The van der Waals surface area contributed by atoms with Crippen LogP contribution in [0.4, 0.5) is 4.39 Å². The van der Waals surface area contributed by atoms with E-state index in [1.54, 1.807) is 0 Å². The molecule has 50 heavy (non-hydrogen) atoms. The number of fused-ring (bicyclic) bond motifs is 1.